The number of hydrogen-bond donors (Lipinski definition) is 2. The van der Waals surface area contributed by atoms with Crippen molar-refractivity contribution in [1.29, 1.82) is 0 Å². The van der Waals surface area contributed by atoms with E-state index in [1.165, 1.54) is 6.07 Å². The molecule has 0 atom stereocenters. The number of piperidine rings is 1. The molecule has 0 aliphatic carbocycles. The lowest BCUT2D eigenvalue weighted by atomic mass is 10.1. The SMILES string of the molecule is Fc1ccccc1-c1cccc(CNc2cnccc2OC2CCNCC2)n1. The summed E-state index contributed by atoms with van der Waals surface area (Å²) < 4.78 is 20.2. The molecule has 1 saturated heterocycles. The van der Waals surface area contributed by atoms with Gasteiger partial charge in [-0.25, -0.2) is 4.39 Å². The van der Waals surface area contributed by atoms with Gasteiger partial charge in [0.25, 0.3) is 0 Å². The number of hydrogen-bond acceptors (Lipinski definition) is 5. The molecule has 2 N–H and O–H groups in total. The number of benzene rings is 1. The average molecular weight is 378 g/mol. The molecule has 1 aliphatic heterocycles. The van der Waals surface area contributed by atoms with Crippen LogP contribution in [0.1, 0.15) is 18.5 Å². The maximum atomic E-state index is 14.0. The number of aromatic nitrogens is 2. The fourth-order valence-electron chi connectivity index (χ4n) is 3.29. The van der Waals surface area contributed by atoms with Crippen molar-refractivity contribution in [3.8, 4) is 17.0 Å². The average Bonchev–Trinajstić information content (AvgIpc) is 2.74. The van der Waals surface area contributed by atoms with Crippen LogP contribution in [0, 0.1) is 5.82 Å². The molecule has 1 aromatic carbocycles. The van der Waals surface area contributed by atoms with Gasteiger partial charge in [-0.1, -0.05) is 18.2 Å². The van der Waals surface area contributed by atoms with Gasteiger partial charge in [-0.05, 0) is 50.2 Å². The van der Waals surface area contributed by atoms with Crippen molar-refractivity contribution in [2.45, 2.75) is 25.5 Å². The third-order valence-electron chi connectivity index (χ3n) is 4.78. The molecule has 3 aromatic rings. The van der Waals surface area contributed by atoms with Crippen molar-refractivity contribution in [3.05, 3.63) is 72.4 Å². The van der Waals surface area contributed by atoms with Crippen molar-refractivity contribution in [3.63, 3.8) is 0 Å². The molecule has 2 aromatic heterocycles. The maximum absolute atomic E-state index is 14.0. The maximum Gasteiger partial charge on any atom is 0.145 e. The molecule has 5 nitrogen and oxygen atoms in total. The molecular weight excluding hydrogens is 355 g/mol. The smallest absolute Gasteiger partial charge is 0.145 e. The van der Waals surface area contributed by atoms with Crippen LogP contribution < -0.4 is 15.4 Å². The highest BCUT2D eigenvalue weighted by atomic mass is 19.1. The Morgan fingerprint density at radius 3 is 2.79 bits per heavy atom. The number of halogens is 1. The predicted molar refractivity (Wildman–Crippen MR) is 108 cm³/mol. The van der Waals surface area contributed by atoms with E-state index in [1.807, 2.05) is 30.3 Å². The molecule has 4 rings (SSSR count). The molecule has 0 saturated carbocycles. The van der Waals surface area contributed by atoms with Crippen LogP contribution in [0.2, 0.25) is 0 Å². The third-order valence-corrected chi connectivity index (χ3v) is 4.78. The van der Waals surface area contributed by atoms with E-state index < -0.39 is 0 Å². The molecule has 0 bridgehead atoms. The summed E-state index contributed by atoms with van der Waals surface area (Å²) in [5.74, 6) is 0.525. The highest BCUT2D eigenvalue weighted by Gasteiger charge is 2.16. The number of rotatable bonds is 6. The fourth-order valence-corrected chi connectivity index (χ4v) is 3.29. The Morgan fingerprint density at radius 2 is 1.93 bits per heavy atom. The Morgan fingerprint density at radius 1 is 1.07 bits per heavy atom. The van der Waals surface area contributed by atoms with Gasteiger partial charge in [0.05, 0.1) is 29.8 Å². The first-order valence-electron chi connectivity index (χ1n) is 9.56. The second-order valence-corrected chi connectivity index (χ2v) is 6.79. The molecule has 3 heterocycles. The second-order valence-electron chi connectivity index (χ2n) is 6.79. The summed E-state index contributed by atoms with van der Waals surface area (Å²) in [6.45, 7) is 2.45. The molecular formula is C22H23FN4O. The molecule has 1 aliphatic rings. The Bertz CT molecular complexity index is 928. The highest BCUT2D eigenvalue weighted by Crippen LogP contribution is 2.26. The quantitative estimate of drug-likeness (QED) is 0.678. The van der Waals surface area contributed by atoms with Crippen molar-refractivity contribution < 1.29 is 9.13 Å². The van der Waals surface area contributed by atoms with E-state index in [1.54, 1.807) is 24.5 Å². The van der Waals surface area contributed by atoms with E-state index in [2.05, 4.69) is 20.6 Å². The van der Waals surface area contributed by atoms with Gasteiger partial charge in [0, 0.05) is 17.8 Å². The summed E-state index contributed by atoms with van der Waals surface area (Å²) in [5, 5.41) is 6.69. The van der Waals surface area contributed by atoms with Crippen LogP contribution in [0.3, 0.4) is 0 Å². The minimum Gasteiger partial charge on any atom is -0.488 e. The zero-order valence-corrected chi connectivity index (χ0v) is 15.6. The van der Waals surface area contributed by atoms with Crippen LogP contribution in [-0.2, 0) is 6.54 Å². The molecule has 6 heteroatoms. The van der Waals surface area contributed by atoms with Gasteiger partial charge < -0.3 is 15.4 Å². The van der Waals surface area contributed by atoms with Gasteiger partial charge in [-0.15, -0.1) is 0 Å². The number of nitrogens with one attached hydrogen (secondary N) is 2. The van der Waals surface area contributed by atoms with E-state index in [0.717, 1.165) is 43.1 Å². The van der Waals surface area contributed by atoms with E-state index in [-0.39, 0.29) is 11.9 Å². The minimum atomic E-state index is -0.273. The van der Waals surface area contributed by atoms with Gasteiger partial charge in [0.1, 0.15) is 17.7 Å². The molecule has 28 heavy (non-hydrogen) atoms. The first-order chi connectivity index (χ1) is 13.8. The first kappa shape index (κ1) is 18.4. The molecule has 0 unspecified atom stereocenters. The van der Waals surface area contributed by atoms with Gasteiger partial charge in [-0.3, -0.25) is 9.97 Å². The van der Waals surface area contributed by atoms with Gasteiger partial charge in [0.15, 0.2) is 0 Å². The lowest BCUT2D eigenvalue weighted by Crippen LogP contribution is -2.34. The van der Waals surface area contributed by atoms with Crippen LogP contribution in [0.4, 0.5) is 10.1 Å². The van der Waals surface area contributed by atoms with Crippen LogP contribution in [0.15, 0.2) is 60.9 Å². The largest absolute Gasteiger partial charge is 0.488 e. The Hall–Kier alpha value is -2.99. The Kier molecular flexibility index (Phi) is 5.77. The summed E-state index contributed by atoms with van der Waals surface area (Å²) >= 11 is 0. The van der Waals surface area contributed by atoms with Crippen molar-refractivity contribution in [1.82, 2.24) is 15.3 Å². The summed E-state index contributed by atoms with van der Waals surface area (Å²) in [6.07, 6.45) is 5.70. The Labute approximate surface area is 164 Å². The number of pyridine rings is 2. The lowest BCUT2D eigenvalue weighted by molar-refractivity contribution is 0.163. The third kappa shape index (κ3) is 4.46. The summed E-state index contributed by atoms with van der Waals surface area (Å²) in [6, 6.07) is 14.2. The number of ether oxygens (including phenoxy) is 1. The fraction of sp³-hybridized carbons (Fsp3) is 0.273. The molecule has 0 amide bonds. The molecule has 144 valence electrons. The van der Waals surface area contributed by atoms with Gasteiger partial charge in [0.2, 0.25) is 0 Å². The van der Waals surface area contributed by atoms with Crippen LogP contribution in [-0.4, -0.2) is 29.2 Å². The van der Waals surface area contributed by atoms with Crippen molar-refractivity contribution >= 4 is 5.69 Å². The van der Waals surface area contributed by atoms with E-state index >= 15 is 0 Å². The summed E-state index contributed by atoms with van der Waals surface area (Å²) in [5.41, 5.74) is 2.77. The topological polar surface area (TPSA) is 59.1 Å². The van der Waals surface area contributed by atoms with Crippen molar-refractivity contribution in [2.24, 2.45) is 0 Å². The van der Waals surface area contributed by atoms with E-state index in [9.17, 15) is 4.39 Å². The molecule has 0 spiro atoms. The second kappa shape index (κ2) is 8.80. The zero-order chi connectivity index (χ0) is 19.2. The normalized spacial score (nSPS) is 14.6. The monoisotopic (exact) mass is 378 g/mol. The lowest BCUT2D eigenvalue weighted by Gasteiger charge is -2.25. The van der Waals surface area contributed by atoms with Crippen LogP contribution >= 0.6 is 0 Å². The zero-order valence-electron chi connectivity index (χ0n) is 15.6. The predicted octanol–water partition coefficient (Wildman–Crippen LogP) is 4.03. The Balaban J connectivity index is 1.46. The van der Waals surface area contributed by atoms with Crippen LogP contribution in [0.25, 0.3) is 11.3 Å². The highest BCUT2D eigenvalue weighted by molar-refractivity contribution is 5.60. The summed E-state index contributed by atoms with van der Waals surface area (Å²) in [4.78, 5) is 8.79. The summed E-state index contributed by atoms with van der Waals surface area (Å²) in [7, 11) is 0. The van der Waals surface area contributed by atoms with Crippen molar-refractivity contribution in [2.75, 3.05) is 18.4 Å². The molecule has 1 fully saturated rings. The van der Waals surface area contributed by atoms with E-state index in [0.29, 0.717) is 17.8 Å². The number of nitrogens with zero attached hydrogens (tertiary/aromatic N) is 2. The molecule has 0 radical (unpaired) electrons. The minimum absolute atomic E-state index is 0.215. The van der Waals surface area contributed by atoms with Crippen LogP contribution in [0.5, 0.6) is 5.75 Å². The first-order valence-corrected chi connectivity index (χ1v) is 9.56. The number of anilines is 1. The van der Waals surface area contributed by atoms with Gasteiger partial charge >= 0.3 is 0 Å². The van der Waals surface area contributed by atoms with Gasteiger partial charge in [-0.2, -0.15) is 0 Å². The van der Waals surface area contributed by atoms with E-state index in [4.69, 9.17) is 4.74 Å². The standard InChI is InChI=1S/C22H23FN4O/c23-19-6-2-1-5-18(19)20-7-3-4-16(27-20)14-26-21-15-25-13-10-22(21)28-17-8-11-24-12-9-17/h1-7,10,13,15,17,24,26H,8-9,11-12,14H2.